The molecule has 0 aromatic rings. The first-order chi connectivity index (χ1) is 6.57. The number of ether oxygens (including phenoxy) is 2. The monoisotopic (exact) mass is 216 g/mol. The Morgan fingerprint density at radius 1 is 1.57 bits per heavy atom. The second-order valence-corrected chi connectivity index (χ2v) is 5.85. The SMILES string of the molecule is C=C(C)C(=O)OC[SiH2]C(C)COCC. The summed E-state index contributed by atoms with van der Waals surface area (Å²) in [5, 5.41) is 0. The molecule has 0 saturated carbocycles. The average molecular weight is 216 g/mol. The van der Waals surface area contributed by atoms with Crippen LogP contribution in [0, 0.1) is 0 Å². The van der Waals surface area contributed by atoms with Crippen LogP contribution in [-0.2, 0) is 14.3 Å². The van der Waals surface area contributed by atoms with Crippen LogP contribution in [0.3, 0.4) is 0 Å². The quantitative estimate of drug-likeness (QED) is 0.363. The van der Waals surface area contributed by atoms with Crippen LogP contribution in [0.5, 0.6) is 0 Å². The van der Waals surface area contributed by atoms with Gasteiger partial charge in [-0.15, -0.1) is 0 Å². The zero-order chi connectivity index (χ0) is 11.0. The molecule has 0 N–H and O–H groups in total. The molecule has 1 atom stereocenters. The van der Waals surface area contributed by atoms with Gasteiger partial charge < -0.3 is 9.47 Å². The Hall–Kier alpha value is -0.613. The summed E-state index contributed by atoms with van der Waals surface area (Å²) in [5.41, 5.74) is 1.03. The number of carbonyl (C=O) groups is 1. The van der Waals surface area contributed by atoms with Gasteiger partial charge in [0.25, 0.3) is 0 Å². The molecule has 0 aromatic carbocycles. The molecule has 0 bridgehead atoms. The van der Waals surface area contributed by atoms with Crippen LogP contribution in [0.1, 0.15) is 20.8 Å². The van der Waals surface area contributed by atoms with Gasteiger partial charge in [-0.25, -0.2) is 4.79 Å². The third kappa shape index (κ3) is 6.86. The lowest BCUT2D eigenvalue weighted by Gasteiger charge is -2.10. The van der Waals surface area contributed by atoms with E-state index in [1.807, 2.05) is 6.92 Å². The summed E-state index contributed by atoms with van der Waals surface area (Å²) in [6.07, 6.45) is 0.583. The minimum absolute atomic E-state index is 0.277. The molecule has 0 rings (SSSR count). The highest BCUT2D eigenvalue weighted by molar-refractivity contribution is 6.37. The van der Waals surface area contributed by atoms with Gasteiger partial charge in [-0.2, -0.15) is 0 Å². The van der Waals surface area contributed by atoms with E-state index in [0.29, 0.717) is 17.3 Å². The molecule has 0 aromatic heterocycles. The summed E-state index contributed by atoms with van der Waals surface area (Å²) >= 11 is 0. The molecule has 0 radical (unpaired) electrons. The van der Waals surface area contributed by atoms with Gasteiger partial charge in [0, 0.05) is 18.8 Å². The van der Waals surface area contributed by atoms with Gasteiger partial charge in [-0.1, -0.05) is 13.5 Å². The summed E-state index contributed by atoms with van der Waals surface area (Å²) in [6.45, 7) is 10.8. The molecule has 0 heterocycles. The topological polar surface area (TPSA) is 35.5 Å². The highest BCUT2D eigenvalue weighted by Gasteiger charge is 2.06. The predicted octanol–water partition coefficient (Wildman–Crippen LogP) is 1.08. The van der Waals surface area contributed by atoms with Gasteiger partial charge in [-0.05, 0) is 19.4 Å². The first-order valence-electron chi connectivity index (χ1n) is 4.98. The van der Waals surface area contributed by atoms with Crippen molar-refractivity contribution in [3.8, 4) is 0 Å². The van der Waals surface area contributed by atoms with Crippen molar-refractivity contribution in [3.63, 3.8) is 0 Å². The fourth-order valence-corrected chi connectivity index (χ4v) is 1.92. The van der Waals surface area contributed by atoms with Crippen molar-refractivity contribution in [3.05, 3.63) is 12.2 Å². The normalized spacial score (nSPS) is 13.1. The van der Waals surface area contributed by atoms with Crippen LogP contribution in [0.15, 0.2) is 12.2 Å². The molecule has 0 aliphatic heterocycles. The van der Waals surface area contributed by atoms with Crippen molar-refractivity contribution in [2.45, 2.75) is 26.3 Å². The van der Waals surface area contributed by atoms with E-state index in [1.165, 1.54) is 0 Å². The Morgan fingerprint density at radius 2 is 2.21 bits per heavy atom. The summed E-state index contributed by atoms with van der Waals surface area (Å²) in [4.78, 5) is 11.0. The maximum Gasteiger partial charge on any atom is 0.332 e. The maximum absolute atomic E-state index is 11.0. The van der Waals surface area contributed by atoms with E-state index >= 15 is 0 Å². The molecule has 14 heavy (non-hydrogen) atoms. The smallest absolute Gasteiger partial charge is 0.332 e. The fraction of sp³-hybridized carbons (Fsp3) is 0.700. The zero-order valence-electron chi connectivity index (χ0n) is 9.34. The third-order valence-electron chi connectivity index (χ3n) is 1.80. The highest BCUT2D eigenvalue weighted by Crippen LogP contribution is 2.02. The molecule has 0 spiro atoms. The molecule has 3 nitrogen and oxygen atoms in total. The van der Waals surface area contributed by atoms with E-state index in [1.54, 1.807) is 6.92 Å². The van der Waals surface area contributed by atoms with Gasteiger partial charge >= 0.3 is 5.97 Å². The Morgan fingerprint density at radius 3 is 2.71 bits per heavy atom. The zero-order valence-corrected chi connectivity index (χ0v) is 10.8. The number of hydrogen-bond donors (Lipinski definition) is 0. The summed E-state index contributed by atoms with van der Waals surface area (Å²) < 4.78 is 10.3. The maximum atomic E-state index is 11.0. The minimum atomic E-state index is -0.369. The average Bonchev–Trinajstić information content (AvgIpc) is 2.14. The number of carbonyl (C=O) groups excluding carboxylic acids is 1. The molecule has 0 amide bonds. The van der Waals surface area contributed by atoms with E-state index in [-0.39, 0.29) is 15.5 Å². The lowest BCUT2D eigenvalue weighted by Crippen LogP contribution is -2.16. The van der Waals surface area contributed by atoms with E-state index in [9.17, 15) is 4.79 Å². The van der Waals surface area contributed by atoms with E-state index in [2.05, 4.69) is 13.5 Å². The van der Waals surface area contributed by atoms with E-state index in [4.69, 9.17) is 9.47 Å². The van der Waals surface area contributed by atoms with Crippen LogP contribution in [-0.4, -0.2) is 34.9 Å². The minimum Gasteiger partial charge on any atom is -0.467 e. The van der Waals surface area contributed by atoms with E-state index < -0.39 is 0 Å². The summed E-state index contributed by atoms with van der Waals surface area (Å²) in [7, 11) is -0.369. The van der Waals surface area contributed by atoms with Crippen molar-refractivity contribution >= 4 is 15.5 Å². The molecular weight excluding hydrogens is 196 g/mol. The molecule has 0 saturated heterocycles. The Labute approximate surface area is 88.3 Å². The van der Waals surface area contributed by atoms with Crippen LogP contribution >= 0.6 is 0 Å². The second-order valence-electron chi connectivity index (χ2n) is 3.47. The number of hydrogen-bond acceptors (Lipinski definition) is 3. The molecular formula is C10H20O3Si. The lowest BCUT2D eigenvalue weighted by atomic mass is 10.4. The van der Waals surface area contributed by atoms with Crippen molar-refractivity contribution in [1.82, 2.24) is 0 Å². The van der Waals surface area contributed by atoms with E-state index in [0.717, 1.165) is 13.2 Å². The predicted molar refractivity (Wildman–Crippen MR) is 60.2 cm³/mol. The largest absolute Gasteiger partial charge is 0.467 e. The molecule has 0 aliphatic rings. The first kappa shape index (κ1) is 13.4. The molecule has 82 valence electrons. The fourth-order valence-electron chi connectivity index (χ4n) is 0.878. The van der Waals surface area contributed by atoms with Gasteiger partial charge in [0.05, 0.1) is 15.7 Å². The van der Waals surface area contributed by atoms with Crippen LogP contribution in [0.4, 0.5) is 0 Å². The van der Waals surface area contributed by atoms with Crippen molar-refractivity contribution in [1.29, 1.82) is 0 Å². The Bertz CT molecular complexity index is 192. The molecule has 4 heteroatoms. The highest BCUT2D eigenvalue weighted by atomic mass is 28.2. The van der Waals surface area contributed by atoms with Crippen LogP contribution in [0.2, 0.25) is 5.54 Å². The van der Waals surface area contributed by atoms with Crippen molar-refractivity contribution < 1.29 is 14.3 Å². The number of rotatable bonds is 7. The van der Waals surface area contributed by atoms with Gasteiger partial charge in [-0.3, -0.25) is 0 Å². The number of esters is 1. The molecule has 0 fully saturated rings. The van der Waals surface area contributed by atoms with Crippen molar-refractivity contribution in [2.24, 2.45) is 0 Å². The molecule has 0 aliphatic carbocycles. The lowest BCUT2D eigenvalue weighted by molar-refractivity contribution is -0.137. The van der Waals surface area contributed by atoms with Gasteiger partial charge in [0.2, 0.25) is 0 Å². The van der Waals surface area contributed by atoms with Gasteiger partial charge in [0.15, 0.2) is 0 Å². The Balaban J connectivity index is 3.44. The van der Waals surface area contributed by atoms with Crippen LogP contribution in [0.25, 0.3) is 0 Å². The first-order valence-corrected chi connectivity index (χ1v) is 6.80. The second kappa shape index (κ2) is 7.76. The van der Waals surface area contributed by atoms with Crippen LogP contribution < -0.4 is 0 Å². The molecule has 1 unspecified atom stereocenters. The summed E-state index contributed by atoms with van der Waals surface area (Å²) in [5.74, 6) is -0.277. The summed E-state index contributed by atoms with van der Waals surface area (Å²) in [6, 6.07) is 0. The van der Waals surface area contributed by atoms with Crippen molar-refractivity contribution in [2.75, 3.05) is 19.4 Å². The van der Waals surface area contributed by atoms with Gasteiger partial charge in [0.1, 0.15) is 0 Å². The Kier molecular flexibility index (Phi) is 7.42. The standard InChI is InChI=1S/C10H20O3Si/c1-5-12-6-9(4)14-7-13-10(11)8(2)3/h9H,2,5-7,14H2,1,3-4H3. The third-order valence-corrected chi connectivity index (χ3v) is 3.46.